The maximum Gasteiger partial charge on any atom is 0.165 e. The van der Waals surface area contributed by atoms with Crippen LogP contribution in [0.2, 0.25) is 0 Å². The van der Waals surface area contributed by atoms with Gasteiger partial charge >= 0.3 is 0 Å². The summed E-state index contributed by atoms with van der Waals surface area (Å²) in [6.07, 6.45) is 0. The Bertz CT molecular complexity index is 502. The van der Waals surface area contributed by atoms with Crippen molar-refractivity contribution in [2.75, 3.05) is 18.5 Å². The normalized spacial score (nSPS) is 10.1. The van der Waals surface area contributed by atoms with Gasteiger partial charge in [-0.25, -0.2) is 8.78 Å². The van der Waals surface area contributed by atoms with Crippen molar-refractivity contribution in [3.8, 4) is 5.75 Å². The second-order valence-corrected chi connectivity index (χ2v) is 3.72. The third kappa shape index (κ3) is 3.45. The van der Waals surface area contributed by atoms with E-state index in [9.17, 15) is 8.78 Å². The molecule has 0 radical (unpaired) electrons. The van der Waals surface area contributed by atoms with Gasteiger partial charge in [0.15, 0.2) is 11.6 Å². The van der Waals surface area contributed by atoms with E-state index in [1.165, 1.54) is 0 Å². The molecule has 2 nitrogen and oxygen atoms in total. The van der Waals surface area contributed by atoms with Gasteiger partial charge in [-0.1, -0.05) is 18.2 Å². The molecule has 4 heteroatoms. The molecule has 0 bridgehead atoms. The second kappa shape index (κ2) is 6.00. The van der Waals surface area contributed by atoms with Crippen molar-refractivity contribution in [1.29, 1.82) is 0 Å². The maximum atomic E-state index is 13.2. The van der Waals surface area contributed by atoms with E-state index >= 15 is 0 Å². The van der Waals surface area contributed by atoms with Crippen LogP contribution in [0.3, 0.4) is 0 Å². The molecule has 0 fully saturated rings. The lowest BCUT2D eigenvalue weighted by atomic mass is 10.3. The molecule has 0 atom stereocenters. The first kappa shape index (κ1) is 12.4. The fourth-order valence-corrected chi connectivity index (χ4v) is 1.50. The van der Waals surface area contributed by atoms with E-state index in [0.29, 0.717) is 6.54 Å². The van der Waals surface area contributed by atoms with Gasteiger partial charge < -0.3 is 10.1 Å². The largest absolute Gasteiger partial charge is 0.489 e. The molecule has 0 heterocycles. The van der Waals surface area contributed by atoms with E-state index in [1.807, 2.05) is 30.3 Å². The first-order valence-electron chi connectivity index (χ1n) is 5.62. The summed E-state index contributed by atoms with van der Waals surface area (Å²) >= 11 is 0. The molecule has 2 aromatic carbocycles. The van der Waals surface area contributed by atoms with E-state index in [0.717, 1.165) is 23.9 Å². The Morgan fingerprint density at radius 1 is 1.00 bits per heavy atom. The van der Waals surface area contributed by atoms with Crippen molar-refractivity contribution >= 4 is 5.69 Å². The average molecular weight is 249 g/mol. The number of hydrogen-bond donors (Lipinski definition) is 1. The number of benzene rings is 2. The topological polar surface area (TPSA) is 21.3 Å². The molecule has 0 aliphatic heterocycles. The minimum Gasteiger partial charge on any atom is -0.489 e. The fourth-order valence-electron chi connectivity index (χ4n) is 1.50. The van der Waals surface area contributed by atoms with Crippen LogP contribution in [0, 0.1) is 11.6 Å². The summed E-state index contributed by atoms with van der Waals surface area (Å²) in [4.78, 5) is 0. The Labute approximate surface area is 104 Å². The molecule has 0 saturated heterocycles. The van der Waals surface area contributed by atoms with Crippen LogP contribution in [-0.4, -0.2) is 13.2 Å². The van der Waals surface area contributed by atoms with E-state index in [2.05, 4.69) is 5.32 Å². The molecule has 0 aromatic heterocycles. The Hall–Kier alpha value is -2.10. The molecule has 0 aliphatic carbocycles. The summed E-state index contributed by atoms with van der Waals surface area (Å²) < 4.78 is 31.2. The average Bonchev–Trinajstić information content (AvgIpc) is 2.40. The number of hydrogen-bond acceptors (Lipinski definition) is 2. The molecule has 0 aliphatic rings. The van der Waals surface area contributed by atoms with Gasteiger partial charge in [0.25, 0.3) is 0 Å². The first-order valence-corrected chi connectivity index (χ1v) is 5.62. The molecule has 2 rings (SSSR count). The standard InChI is InChI=1S/C14H13F2NO/c15-11-6-7-13(16)14(10-11)18-9-8-17-12-4-2-1-3-5-12/h1-7,10,17H,8-9H2. The number of halogens is 2. The molecule has 0 spiro atoms. The Kier molecular flexibility index (Phi) is 4.12. The van der Waals surface area contributed by atoms with E-state index in [4.69, 9.17) is 4.74 Å². The van der Waals surface area contributed by atoms with Crippen molar-refractivity contribution < 1.29 is 13.5 Å². The summed E-state index contributed by atoms with van der Waals surface area (Å²) in [6, 6.07) is 12.7. The summed E-state index contributed by atoms with van der Waals surface area (Å²) in [5.41, 5.74) is 0.959. The van der Waals surface area contributed by atoms with Crippen LogP contribution in [0.15, 0.2) is 48.5 Å². The lowest BCUT2D eigenvalue weighted by molar-refractivity contribution is 0.313. The van der Waals surface area contributed by atoms with Crippen LogP contribution >= 0.6 is 0 Å². The summed E-state index contributed by atoms with van der Waals surface area (Å²) in [5, 5.41) is 3.11. The highest BCUT2D eigenvalue weighted by Gasteiger charge is 2.04. The van der Waals surface area contributed by atoms with E-state index in [1.54, 1.807) is 0 Å². The van der Waals surface area contributed by atoms with Gasteiger partial charge in [0, 0.05) is 18.3 Å². The molecule has 0 unspecified atom stereocenters. The molecular weight excluding hydrogens is 236 g/mol. The van der Waals surface area contributed by atoms with Gasteiger partial charge in [0.1, 0.15) is 12.4 Å². The minimum atomic E-state index is -0.559. The fraction of sp³-hybridized carbons (Fsp3) is 0.143. The predicted octanol–water partition coefficient (Wildman–Crippen LogP) is 3.46. The van der Waals surface area contributed by atoms with Crippen molar-refractivity contribution in [3.63, 3.8) is 0 Å². The van der Waals surface area contributed by atoms with Crippen LogP contribution in [0.25, 0.3) is 0 Å². The van der Waals surface area contributed by atoms with E-state index in [-0.39, 0.29) is 12.4 Å². The van der Waals surface area contributed by atoms with Crippen molar-refractivity contribution in [1.82, 2.24) is 0 Å². The second-order valence-electron chi connectivity index (χ2n) is 3.72. The van der Waals surface area contributed by atoms with Gasteiger partial charge in [0.2, 0.25) is 0 Å². The highest BCUT2D eigenvalue weighted by Crippen LogP contribution is 2.17. The molecule has 18 heavy (non-hydrogen) atoms. The number of rotatable bonds is 5. The molecular formula is C14H13F2NO. The van der Waals surface area contributed by atoms with E-state index < -0.39 is 11.6 Å². The summed E-state index contributed by atoms with van der Waals surface area (Å²) in [5.74, 6) is -1.14. The highest BCUT2D eigenvalue weighted by molar-refractivity contribution is 5.42. The van der Waals surface area contributed by atoms with Crippen LogP contribution in [0.4, 0.5) is 14.5 Å². The Morgan fingerprint density at radius 2 is 1.78 bits per heavy atom. The lowest BCUT2D eigenvalue weighted by Gasteiger charge is -2.09. The first-order chi connectivity index (χ1) is 8.75. The van der Waals surface area contributed by atoms with Crippen LogP contribution in [-0.2, 0) is 0 Å². The van der Waals surface area contributed by atoms with Gasteiger partial charge in [-0.2, -0.15) is 0 Å². The predicted molar refractivity (Wildman–Crippen MR) is 66.8 cm³/mol. The Morgan fingerprint density at radius 3 is 2.56 bits per heavy atom. The third-order valence-corrected chi connectivity index (χ3v) is 2.36. The molecule has 0 amide bonds. The third-order valence-electron chi connectivity index (χ3n) is 2.36. The van der Waals surface area contributed by atoms with Crippen LogP contribution in [0.5, 0.6) is 5.75 Å². The zero-order chi connectivity index (χ0) is 12.8. The van der Waals surface area contributed by atoms with Crippen molar-refractivity contribution in [3.05, 3.63) is 60.2 Å². The minimum absolute atomic E-state index is 0.0649. The zero-order valence-electron chi connectivity index (χ0n) is 9.70. The van der Waals surface area contributed by atoms with Crippen LogP contribution in [0.1, 0.15) is 0 Å². The number of nitrogens with one attached hydrogen (secondary N) is 1. The smallest absolute Gasteiger partial charge is 0.165 e. The van der Waals surface area contributed by atoms with Crippen molar-refractivity contribution in [2.24, 2.45) is 0 Å². The van der Waals surface area contributed by atoms with Gasteiger partial charge in [-0.15, -0.1) is 0 Å². The molecule has 0 saturated carbocycles. The van der Waals surface area contributed by atoms with Gasteiger partial charge in [0.05, 0.1) is 0 Å². The number of ether oxygens (including phenoxy) is 1. The van der Waals surface area contributed by atoms with Gasteiger partial charge in [-0.05, 0) is 24.3 Å². The Balaban J connectivity index is 1.80. The summed E-state index contributed by atoms with van der Waals surface area (Å²) in [6.45, 7) is 0.773. The maximum absolute atomic E-state index is 13.2. The molecule has 2 aromatic rings. The number of anilines is 1. The van der Waals surface area contributed by atoms with Gasteiger partial charge in [-0.3, -0.25) is 0 Å². The van der Waals surface area contributed by atoms with Crippen molar-refractivity contribution in [2.45, 2.75) is 0 Å². The SMILES string of the molecule is Fc1ccc(F)c(OCCNc2ccccc2)c1. The summed E-state index contributed by atoms with van der Waals surface area (Å²) in [7, 11) is 0. The zero-order valence-corrected chi connectivity index (χ0v) is 9.70. The highest BCUT2D eigenvalue weighted by atomic mass is 19.1. The van der Waals surface area contributed by atoms with Crippen LogP contribution < -0.4 is 10.1 Å². The molecule has 94 valence electrons. The lowest BCUT2D eigenvalue weighted by Crippen LogP contribution is -2.12. The molecule has 1 N–H and O–H groups in total. The monoisotopic (exact) mass is 249 g/mol. The quantitative estimate of drug-likeness (QED) is 0.819. The number of para-hydroxylation sites is 1.